The lowest BCUT2D eigenvalue weighted by Gasteiger charge is -2.34. The van der Waals surface area contributed by atoms with E-state index < -0.39 is 277 Å². The van der Waals surface area contributed by atoms with Crippen LogP contribution in [0.2, 0.25) is 0 Å². The zero-order chi connectivity index (χ0) is 108. The molecule has 3 rings (SSSR count). The maximum Gasteiger partial charge on any atom is 0.326 e. The van der Waals surface area contributed by atoms with Gasteiger partial charge in [-0.2, -0.15) is 0 Å². The van der Waals surface area contributed by atoms with Crippen molar-refractivity contribution >= 4 is 124 Å². The van der Waals surface area contributed by atoms with Gasteiger partial charge in [0.25, 0.3) is 0 Å². The van der Waals surface area contributed by atoms with E-state index in [1.165, 1.54) is 47.9 Å². The number of nitrogens with zero attached hydrogens (tertiary/aromatic N) is 2. The molecule has 2 saturated heterocycles. The van der Waals surface area contributed by atoms with Crippen LogP contribution in [0, 0.1) is 52.8 Å². The molecule has 142 heavy (non-hydrogen) atoms. The van der Waals surface area contributed by atoms with E-state index in [2.05, 4.69) is 85.1 Å². The third-order valence-electron chi connectivity index (χ3n) is 24.7. The zero-order valence-electron chi connectivity index (χ0n) is 85.6. The zero-order valence-corrected chi connectivity index (χ0v) is 85.6. The number of carboxylic acid groups (broad SMARTS) is 1. The van der Waals surface area contributed by atoms with Crippen LogP contribution in [0.3, 0.4) is 0 Å². The number of nitrogens with one attached hydrogen (secondary N) is 17. The number of carbonyl (C=O) groups is 20. The number of hydrogen-bond acceptors (Lipinski definition) is 25. The van der Waals surface area contributed by atoms with Gasteiger partial charge in [-0.25, -0.2) is 4.79 Å². The van der Waals surface area contributed by atoms with Gasteiger partial charge in [-0.3, -0.25) is 96.5 Å². The molecule has 2 aliphatic rings. The van der Waals surface area contributed by atoms with Crippen molar-refractivity contribution in [3.8, 4) is 5.75 Å². The number of unbranched alkanes of at least 4 members (excludes halogenated alkanes) is 1. The quantitative estimate of drug-likeness (QED) is 0.0173. The Morgan fingerprint density at radius 1 is 0.408 bits per heavy atom. The SMILES string of the molecule is CC[C@H](C)[C@H](N)C(=O)N[C@@H](CC(N)=O)C(=O)N[C@H](C(=O)N[C@@H](CCCCN)C(=O)N[C@@H](CCC(N)=O)C(=O)N[C@H](C(=O)N[C@@H](C)C(=O)N[C@@H](C)C(=O)N[C@@H](CCCNC(=N)N)C(=O)N[C@@H](CC(C)C)C(=O)N[C@@H](CC(C)C)C(=O)N1CCC[C@H]1C(=O)N1CCC[C@H]1C(=O)N[C@@H](CC(C)C)C(=O)N[C@@H](Cc1ccc(O)cc1)C(=O)N[C@@H](CO)C(=O)N[C@@H](CC(C)C)C(=O)N[C@H](C(=O)O)C(C)C)[C@@H](C)CC)C(C)C. The number of carboxylic acids is 1. The molecule has 800 valence electrons. The van der Waals surface area contributed by atoms with Gasteiger partial charge < -0.3 is 139 Å². The van der Waals surface area contributed by atoms with Crippen molar-refractivity contribution in [2.24, 2.45) is 76.0 Å². The van der Waals surface area contributed by atoms with Crippen LogP contribution in [0.5, 0.6) is 5.75 Å². The molecule has 47 nitrogen and oxygen atoms in total. The summed E-state index contributed by atoms with van der Waals surface area (Å²) >= 11 is 0. The summed E-state index contributed by atoms with van der Waals surface area (Å²) in [5.41, 5.74) is 28.9. The van der Waals surface area contributed by atoms with Crippen LogP contribution in [0.4, 0.5) is 0 Å². The lowest BCUT2D eigenvalue weighted by Crippen LogP contribution is -2.61. The first-order valence-electron chi connectivity index (χ1n) is 49.4. The van der Waals surface area contributed by atoms with Gasteiger partial charge in [0.1, 0.15) is 108 Å². The molecule has 0 unspecified atom stereocenters. The Balaban J connectivity index is 1.88. The lowest BCUT2D eigenvalue weighted by molar-refractivity contribution is -0.148. The standard InChI is InChI=1S/C95H162N24O23/c1-19-53(15)73(99)89(136)112-66(45-72(98)123)86(133)115-74(51(11)12)90(137)107-59(26-21-22-36-96)79(126)106-61(34-35-71(97)122)81(128)117-76(54(16)20-2)91(138)104-55(17)77(124)103-56(18)78(125)105-60(27-23-37-102-95(100)101)80(127)108-62(40-47(3)4)83(130)113-67(43-50(9)10)92(139)119-39-25-29-70(119)93(140)118-38-24-28-69(118)88(135)111-63(41-48(5)6)82(129)110-65(44-57-30-32-58(121)33-31-57)84(131)114-68(46-120)87(134)109-64(42-49(7)8)85(132)116-75(52(13)14)94(141)142/h30-33,47-56,59-70,73-76,120-121H,19-29,34-46,96,99H2,1-18H3,(H2,97,122)(H2,98,123)(H,103,124)(H,104,138)(H,105,125)(H,106,126)(H,107,137)(H,108,127)(H,109,134)(H,110,129)(H,111,135)(H,112,136)(H,113,130)(H,114,131)(H,115,133)(H,116,132)(H,117,128)(H,141,142)(H4,100,101,102)/t53-,54-,55-,56-,59-,60-,61-,62-,63-,64-,65-,66-,67-,68-,69-,70-,73-,74-,75-,76-/m0/s1. The average Bonchev–Trinajstić information content (AvgIpc) is 1.64. The number of likely N-dealkylation sites (tertiary alicyclic amines) is 2. The van der Waals surface area contributed by atoms with Gasteiger partial charge >= 0.3 is 5.97 Å². The Hall–Kier alpha value is -12.4. The molecule has 1 aromatic carbocycles. The van der Waals surface area contributed by atoms with E-state index in [0.29, 0.717) is 31.2 Å². The number of amides is 19. The molecule has 0 bridgehead atoms. The van der Waals surface area contributed by atoms with Crippen LogP contribution in [0.1, 0.15) is 246 Å². The molecule has 47 heteroatoms. The van der Waals surface area contributed by atoms with E-state index >= 15 is 9.59 Å². The third-order valence-corrected chi connectivity index (χ3v) is 24.7. The minimum Gasteiger partial charge on any atom is -0.508 e. The van der Waals surface area contributed by atoms with Crippen molar-refractivity contribution < 1.29 is 111 Å². The second kappa shape index (κ2) is 61.4. The molecule has 2 aliphatic heterocycles. The molecule has 0 radical (unpaired) electrons. The van der Waals surface area contributed by atoms with Gasteiger partial charge in [0.2, 0.25) is 112 Å². The topological polar surface area (TPSA) is 755 Å². The maximum atomic E-state index is 15.2. The smallest absolute Gasteiger partial charge is 0.326 e. The summed E-state index contributed by atoms with van der Waals surface area (Å²) in [4.78, 5) is 283. The van der Waals surface area contributed by atoms with Crippen LogP contribution in [-0.2, 0) is 102 Å². The number of phenolic OH excluding ortho intramolecular Hbond substituents is 1. The summed E-state index contributed by atoms with van der Waals surface area (Å²) in [5.74, 6) is -21.6. The highest BCUT2D eigenvalue weighted by Crippen LogP contribution is 2.28. The monoisotopic (exact) mass is 2010 g/mol. The van der Waals surface area contributed by atoms with E-state index in [0.717, 1.165) is 0 Å². The number of carbonyl (C=O) groups excluding carboxylic acids is 19. The number of nitrogens with two attached hydrogens (primary N) is 5. The Morgan fingerprint density at radius 2 is 0.796 bits per heavy atom. The maximum absolute atomic E-state index is 15.2. The van der Waals surface area contributed by atoms with Crippen molar-refractivity contribution in [2.45, 2.75) is 355 Å². The highest BCUT2D eigenvalue weighted by atomic mass is 16.4. The van der Waals surface area contributed by atoms with Crippen molar-refractivity contribution in [3.05, 3.63) is 29.8 Å². The molecular weight excluding hydrogens is 1850 g/mol. The largest absolute Gasteiger partial charge is 0.508 e. The van der Waals surface area contributed by atoms with Crippen molar-refractivity contribution in [3.63, 3.8) is 0 Å². The average molecular weight is 2010 g/mol. The molecule has 1 aromatic rings. The van der Waals surface area contributed by atoms with Gasteiger partial charge in [0.05, 0.1) is 19.1 Å². The number of aliphatic hydroxyl groups is 1. The van der Waals surface area contributed by atoms with E-state index in [1.54, 1.807) is 111 Å². The van der Waals surface area contributed by atoms with E-state index in [4.69, 9.17) is 34.1 Å². The summed E-state index contributed by atoms with van der Waals surface area (Å²) in [5, 5.41) is 79.7. The van der Waals surface area contributed by atoms with Crippen LogP contribution < -0.4 is 114 Å². The number of aromatic hydroxyl groups is 1. The Kier molecular flexibility index (Phi) is 53.5. The second-order valence-corrected chi connectivity index (χ2v) is 39.5. The molecule has 0 aromatic heterocycles. The Labute approximate surface area is 831 Å². The molecule has 19 amide bonds. The molecule has 2 heterocycles. The molecular formula is C95H162N24O23. The highest BCUT2D eigenvalue weighted by molar-refractivity contribution is 6.02. The summed E-state index contributed by atoms with van der Waals surface area (Å²) in [7, 11) is 0. The molecule has 30 N–H and O–H groups in total. The minimum absolute atomic E-state index is 0.00177. The lowest BCUT2D eigenvalue weighted by atomic mass is 9.97. The molecule has 20 atom stereocenters. The third kappa shape index (κ3) is 42.0. The summed E-state index contributed by atoms with van der Waals surface area (Å²) < 4.78 is 0. The predicted molar refractivity (Wildman–Crippen MR) is 525 cm³/mol. The summed E-state index contributed by atoms with van der Waals surface area (Å²) in [6.45, 7) is 29.2. The highest BCUT2D eigenvalue weighted by Gasteiger charge is 2.47. The number of benzene rings is 1. The van der Waals surface area contributed by atoms with Gasteiger partial charge in [-0.15, -0.1) is 0 Å². The summed E-state index contributed by atoms with van der Waals surface area (Å²) in [6, 6.07) is -19.5. The fourth-order valence-electron chi connectivity index (χ4n) is 16.1. The van der Waals surface area contributed by atoms with Gasteiger partial charge in [-0.05, 0) is 175 Å². The fraction of sp³-hybridized carbons (Fsp3) is 0.716. The van der Waals surface area contributed by atoms with E-state index in [9.17, 15) is 102 Å². The fourth-order valence-corrected chi connectivity index (χ4v) is 16.1. The number of rotatable bonds is 63. The van der Waals surface area contributed by atoms with Crippen LogP contribution >= 0.6 is 0 Å². The minimum atomic E-state index is -1.72. The van der Waals surface area contributed by atoms with Crippen LogP contribution in [0.25, 0.3) is 0 Å². The molecule has 0 saturated carbocycles. The van der Waals surface area contributed by atoms with Crippen LogP contribution in [-0.4, -0.2) is 291 Å². The normalized spacial score (nSPS) is 17.4. The molecule has 0 spiro atoms. The predicted octanol–water partition coefficient (Wildman–Crippen LogP) is -3.25. The first-order chi connectivity index (χ1) is 66.5. The number of guanidine groups is 1. The van der Waals surface area contributed by atoms with Gasteiger partial charge in [0, 0.05) is 32.5 Å². The number of aliphatic carboxylic acids is 1. The van der Waals surface area contributed by atoms with Crippen molar-refractivity contribution in [1.29, 1.82) is 5.41 Å². The molecule has 0 aliphatic carbocycles. The first kappa shape index (κ1) is 124. The summed E-state index contributed by atoms with van der Waals surface area (Å²) in [6.07, 6.45) is 0.414. The first-order valence-corrected chi connectivity index (χ1v) is 49.4. The van der Waals surface area contributed by atoms with Gasteiger partial charge in [0.15, 0.2) is 5.96 Å². The van der Waals surface area contributed by atoms with E-state index in [-0.39, 0.29) is 139 Å². The van der Waals surface area contributed by atoms with Crippen molar-refractivity contribution in [1.82, 2.24) is 94.9 Å². The number of hydrogen-bond donors (Lipinski definition) is 25. The number of primary amides is 2. The number of phenols is 1. The second-order valence-electron chi connectivity index (χ2n) is 39.5. The Morgan fingerprint density at radius 3 is 1.29 bits per heavy atom. The number of aliphatic hydroxyl groups excluding tert-OH is 1. The van der Waals surface area contributed by atoms with Crippen LogP contribution in [0.15, 0.2) is 24.3 Å². The van der Waals surface area contributed by atoms with Crippen molar-refractivity contribution in [2.75, 3.05) is 32.8 Å². The van der Waals surface area contributed by atoms with E-state index in [1.807, 2.05) is 0 Å². The Bertz CT molecular complexity index is 4440. The van der Waals surface area contributed by atoms with Gasteiger partial charge in [-0.1, -0.05) is 136 Å². The molecule has 2 fully saturated rings.